The van der Waals surface area contributed by atoms with Crippen molar-refractivity contribution in [1.29, 1.82) is 0 Å². The molecule has 1 aromatic heterocycles. The topological polar surface area (TPSA) is 28.4 Å². The molecule has 3 heteroatoms. The molecular formula is C14H22N2O. The molecule has 0 amide bonds. The highest BCUT2D eigenvalue weighted by molar-refractivity contribution is 5.04. The Balaban J connectivity index is 1.55. The van der Waals surface area contributed by atoms with Crippen molar-refractivity contribution in [2.45, 2.75) is 50.7 Å². The lowest BCUT2D eigenvalue weighted by atomic mass is 9.97. The lowest BCUT2D eigenvalue weighted by molar-refractivity contribution is 0.160. The van der Waals surface area contributed by atoms with Gasteiger partial charge in [-0.2, -0.15) is 0 Å². The predicted octanol–water partition coefficient (Wildman–Crippen LogP) is 2.56. The van der Waals surface area contributed by atoms with Gasteiger partial charge in [0.05, 0.1) is 12.3 Å². The van der Waals surface area contributed by atoms with E-state index < -0.39 is 0 Å². The number of furan rings is 1. The third-order valence-electron chi connectivity index (χ3n) is 4.28. The van der Waals surface area contributed by atoms with Crippen LogP contribution >= 0.6 is 0 Å². The van der Waals surface area contributed by atoms with E-state index in [1.54, 1.807) is 6.26 Å². The second-order valence-electron chi connectivity index (χ2n) is 5.46. The molecule has 3 rings (SSSR count). The highest BCUT2D eigenvalue weighted by atomic mass is 16.3. The second kappa shape index (κ2) is 4.83. The van der Waals surface area contributed by atoms with Crippen molar-refractivity contribution in [3.63, 3.8) is 0 Å². The van der Waals surface area contributed by atoms with Crippen LogP contribution in [0.4, 0.5) is 0 Å². The maximum atomic E-state index is 5.45. The van der Waals surface area contributed by atoms with Crippen molar-refractivity contribution < 1.29 is 4.42 Å². The highest BCUT2D eigenvalue weighted by Crippen LogP contribution is 2.28. The number of hydrogen-bond donors (Lipinski definition) is 1. The van der Waals surface area contributed by atoms with Gasteiger partial charge in [0.1, 0.15) is 5.76 Å². The molecule has 0 radical (unpaired) electrons. The van der Waals surface area contributed by atoms with Crippen LogP contribution in [-0.2, 0) is 0 Å². The van der Waals surface area contributed by atoms with Gasteiger partial charge >= 0.3 is 0 Å². The van der Waals surface area contributed by atoms with Crippen LogP contribution in [0.2, 0.25) is 0 Å². The standard InChI is InChI=1S/C14H22N2O/c1-11(14-5-3-9-17-14)15-12-6-8-16-7-2-4-13(16)10-12/h3,5,9,11-13,15H,2,4,6-8,10H2,1H3/t11-,12?,13?/m1/s1. The van der Waals surface area contributed by atoms with Crippen molar-refractivity contribution in [3.05, 3.63) is 24.2 Å². The van der Waals surface area contributed by atoms with Crippen molar-refractivity contribution in [2.75, 3.05) is 13.1 Å². The molecule has 0 spiro atoms. The summed E-state index contributed by atoms with van der Waals surface area (Å²) in [4.78, 5) is 2.66. The summed E-state index contributed by atoms with van der Waals surface area (Å²) in [5.41, 5.74) is 0. The SMILES string of the molecule is C[C@@H](NC1CCN2CCCC2C1)c1ccco1. The fourth-order valence-corrected chi connectivity index (χ4v) is 3.35. The zero-order chi connectivity index (χ0) is 11.7. The predicted molar refractivity (Wildman–Crippen MR) is 67.9 cm³/mol. The summed E-state index contributed by atoms with van der Waals surface area (Å²) >= 11 is 0. The Labute approximate surface area is 103 Å². The molecule has 3 nitrogen and oxygen atoms in total. The van der Waals surface area contributed by atoms with Crippen LogP contribution < -0.4 is 5.32 Å². The summed E-state index contributed by atoms with van der Waals surface area (Å²) in [5, 5.41) is 3.71. The van der Waals surface area contributed by atoms with Crippen molar-refractivity contribution in [2.24, 2.45) is 0 Å². The van der Waals surface area contributed by atoms with Gasteiger partial charge in [-0.05, 0) is 57.8 Å². The summed E-state index contributed by atoms with van der Waals surface area (Å²) in [7, 11) is 0. The summed E-state index contributed by atoms with van der Waals surface area (Å²) in [5.74, 6) is 1.05. The van der Waals surface area contributed by atoms with Gasteiger partial charge in [-0.1, -0.05) is 0 Å². The molecule has 3 atom stereocenters. The van der Waals surface area contributed by atoms with Crippen LogP contribution in [0.25, 0.3) is 0 Å². The van der Waals surface area contributed by atoms with E-state index in [0.29, 0.717) is 12.1 Å². The third kappa shape index (κ3) is 2.40. The van der Waals surface area contributed by atoms with E-state index >= 15 is 0 Å². The van der Waals surface area contributed by atoms with Crippen LogP contribution in [0, 0.1) is 0 Å². The number of rotatable bonds is 3. The van der Waals surface area contributed by atoms with E-state index in [-0.39, 0.29) is 0 Å². The first-order chi connectivity index (χ1) is 8.33. The summed E-state index contributed by atoms with van der Waals surface area (Å²) in [6.45, 7) is 4.79. The molecule has 2 aliphatic heterocycles. The van der Waals surface area contributed by atoms with Crippen LogP contribution in [0.3, 0.4) is 0 Å². The van der Waals surface area contributed by atoms with Crippen LogP contribution in [0.15, 0.2) is 22.8 Å². The molecule has 2 fully saturated rings. The van der Waals surface area contributed by atoms with Gasteiger partial charge in [0.25, 0.3) is 0 Å². The Morgan fingerprint density at radius 2 is 2.35 bits per heavy atom. The van der Waals surface area contributed by atoms with Gasteiger partial charge in [0.15, 0.2) is 0 Å². The maximum Gasteiger partial charge on any atom is 0.120 e. The average molecular weight is 234 g/mol. The maximum absolute atomic E-state index is 5.45. The smallest absolute Gasteiger partial charge is 0.120 e. The summed E-state index contributed by atoms with van der Waals surface area (Å²) in [6.07, 6.45) is 7.14. The molecule has 2 unspecified atom stereocenters. The van der Waals surface area contributed by atoms with Crippen molar-refractivity contribution in [3.8, 4) is 0 Å². The molecule has 1 aromatic rings. The molecule has 1 N–H and O–H groups in total. The monoisotopic (exact) mass is 234 g/mol. The molecule has 0 saturated carbocycles. The van der Waals surface area contributed by atoms with E-state index in [9.17, 15) is 0 Å². The van der Waals surface area contributed by atoms with Gasteiger partial charge in [-0.15, -0.1) is 0 Å². The lowest BCUT2D eigenvalue weighted by Gasteiger charge is -2.36. The van der Waals surface area contributed by atoms with E-state index in [1.807, 2.05) is 6.07 Å². The van der Waals surface area contributed by atoms with Gasteiger partial charge in [0, 0.05) is 12.1 Å². The minimum absolute atomic E-state index is 0.336. The highest BCUT2D eigenvalue weighted by Gasteiger charge is 2.32. The molecule has 94 valence electrons. The number of hydrogen-bond acceptors (Lipinski definition) is 3. The summed E-state index contributed by atoms with van der Waals surface area (Å²) in [6, 6.07) is 5.86. The van der Waals surface area contributed by atoms with Gasteiger partial charge in [0.2, 0.25) is 0 Å². The first-order valence-corrected chi connectivity index (χ1v) is 6.86. The van der Waals surface area contributed by atoms with Crippen molar-refractivity contribution >= 4 is 0 Å². The van der Waals surface area contributed by atoms with Gasteiger partial charge < -0.3 is 14.6 Å². The van der Waals surface area contributed by atoms with Crippen LogP contribution in [-0.4, -0.2) is 30.1 Å². The number of fused-ring (bicyclic) bond motifs is 1. The molecule has 0 aliphatic carbocycles. The molecule has 2 aliphatic rings. The van der Waals surface area contributed by atoms with Crippen LogP contribution in [0.5, 0.6) is 0 Å². The first kappa shape index (κ1) is 11.3. The Kier molecular flexibility index (Phi) is 3.21. The fraction of sp³-hybridized carbons (Fsp3) is 0.714. The molecule has 2 saturated heterocycles. The normalized spacial score (nSPS) is 31.4. The molecule has 0 aromatic carbocycles. The minimum atomic E-state index is 0.336. The fourth-order valence-electron chi connectivity index (χ4n) is 3.35. The Morgan fingerprint density at radius 1 is 1.41 bits per heavy atom. The number of nitrogens with one attached hydrogen (secondary N) is 1. The molecule has 17 heavy (non-hydrogen) atoms. The number of piperidine rings is 1. The lowest BCUT2D eigenvalue weighted by Crippen LogP contribution is -2.46. The van der Waals surface area contributed by atoms with Gasteiger partial charge in [-0.3, -0.25) is 0 Å². The first-order valence-electron chi connectivity index (χ1n) is 6.86. The largest absolute Gasteiger partial charge is 0.468 e. The number of nitrogens with zero attached hydrogens (tertiary/aromatic N) is 1. The van der Waals surface area contributed by atoms with E-state index in [1.165, 1.54) is 38.8 Å². The van der Waals surface area contributed by atoms with Crippen molar-refractivity contribution in [1.82, 2.24) is 10.2 Å². The zero-order valence-corrected chi connectivity index (χ0v) is 10.6. The Bertz CT molecular complexity index is 349. The Morgan fingerprint density at radius 3 is 3.18 bits per heavy atom. The van der Waals surface area contributed by atoms with Gasteiger partial charge in [-0.25, -0.2) is 0 Å². The van der Waals surface area contributed by atoms with Crippen LogP contribution in [0.1, 0.15) is 44.4 Å². The molecular weight excluding hydrogens is 212 g/mol. The quantitative estimate of drug-likeness (QED) is 0.871. The second-order valence-corrected chi connectivity index (χ2v) is 5.46. The van der Waals surface area contributed by atoms with E-state index in [0.717, 1.165) is 11.8 Å². The molecule has 0 bridgehead atoms. The van der Waals surface area contributed by atoms with E-state index in [2.05, 4.69) is 23.2 Å². The zero-order valence-electron chi connectivity index (χ0n) is 10.6. The third-order valence-corrected chi connectivity index (χ3v) is 4.28. The minimum Gasteiger partial charge on any atom is -0.468 e. The average Bonchev–Trinajstić information content (AvgIpc) is 2.99. The van der Waals surface area contributed by atoms with E-state index in [4.69, 9.17) is 4.42 Å². The molecule has 3 heterocycles. The Hall–Kier alpha value is -0.800. The summed E-state index contributed by atoms with van der Waals surface area (Å²) < 4.78 is 5.45.